The fourth-order valence-electron chi connectivity index (χ4n) is 5.16. The zero-order valence-corrected chi connectivity index (χ0v) is 17.2. The average molecular weight is 400 g/mol. The van der Waals surface area contributed by atoms with Crippen molar-refractivity contribution in [3.05, 3.63) is 65.7 Å². The van der Waals surface area contributed by atoms with Gasteiger partial charge in [0.25, 0.3) is 0 Å². The van der Waals surface area contributed by atoms with Gasteiger partial charge in [-0.2, -0.15) is 10.2 Å². The summed E-state index contributed by atoms with van der Waals surface area (Å²) in [5.74, 6) is 0.831. The van der Waals surface area contributed by atoms with Crippen LogP contribution in [-0.2, 0) is 20.0 Å². The number of aryl methyl sites for hydroxylation is 1. The highest BCUT2D eigenvalue weighted by Gasteiger charge is 2.41. The maximum atomic E-state index is 5.54. The Kier molecular flexibility index (Phi) is 3.92. The molecule has 5 heterocycles. The van der Waals surface area contributed by atoms with Gasteiger partial charge >= 0.3 is 0 Å². The summed E-state index contributed by atoms with van der Waals surface area (Å²) in [6, 6.07) is 13.1. The molecule has 0 aliphatic carbocycles. The van der Waals surface area contributed by atoms with Crippen LogP contribution < -0.4 is 4.74 Å². The van der Waals surface area contributed by atoms with Crippen molar-refractivity contribution in [1.82, 2.24) is 29.3 Å². The molecular weight excluding hydrogens is 376 g/mol. The molecule has 30 heavy (non-hydrogen) atoms. The molecule has 152 valence electrons. The molecular formula is C23H24N6O. The molecule has 0 amide bonds. The van der Waals surface area contributed by atoms with Crippen LogP contribution in [0.1, 0.15) is 35.8 Å². The predicted molar refractivity (Wildman–Crippen MR) is 113 cm³/mol. The van der Waals surface area contributed by atoms with Gasteiger partial charge in [0.05, 0.1) is 24.2 Å². The van der Waals surface area contributed by atoms with E-state index in [1.165, 1.54) is 29.8 Å². The number of para-hydroxylation sites is 1. The predicted octanol–water partition coefficient (Wildman–Crippen LogP) is 3.40. The van der Waals surface area contributed by atoms with Crippen molar-refractivity contribution in [3.8, 4) is 17.0 Å². The number of benzene rings is 1. The third-order valence-electron chi connectivity index (χ3n) is 6.70. The minimum Gasteiger partial charge on any atom is -0.496 e. The van der Waals surface area contributed by atoms with Crippen molar-refractivity contribution in [2.24, 2.45) is 7.05 Å². The van der Waals surface area contributed by atoms with Gasteiger partial charge in [0.2, 0.25) is 0 Å². The molecule has 0 radical (unpaired) electrons. The number of methoxy groups -OCH3 is 1. The zero-order valence-electron chi connectivity index (χ0n) is 17.2. The molecule has 2 atom stereocenters. The molecule has 2 aliphatic heterocycles. The van der Waals surface area contributed by atoms with Crippen LogP contribution in [-0.4, -0.2) is 42.4 Å². The third-order valence-corrected chi connectivity index (χ3v) is 6.70. The summed E-state index contributed by atoms with van der Waals surface area (Å²) in [7, 11) is 3.71. The molecule has 3 aromatic heterocycles. The Morgan fingerprint density at radius 1 is 1.17 bits per heavy atom. The monoisotopic (exact) mass is 400 g/mol. The zero-order chi connectivity index (χ0) is 20.2. The largest absolute Gasteiger partial charge is 0.496 e. The van der Waals surface area contributed by atoms with E-state index in [4.69, 9.17) is 14.8 Å². The van der Waals surface area contributed by atoms with E-state index in [0.29, 0.717) is 12.1 Å². The first-order valence-electron chi connectivity index (χ1n) is 10.5. The highest BCUT2D eigenvalue weighted by atomic mass is 16.5. The first-order chi connectivity index (χ1) is 14.7. The van der Waals surface area contributed by atoms with Crippen molar-refractivity contribution in [2.75, 3.05) is 7.11 Å². The summed E-state index contributed by atoms with van der Waals surface area (Å²) in [6.07, 6.45) is 7.32. The molecule has 1 aromatic carbocycles. The van der Waals surface area contributed by atoms with E-state index < -0.39 is 0 Å². The smallest absolute Gasteiger partial charge is 0.155 e. The lowest BCUT2D eigenvalue weighted by Gasteiger charge is -2.36. The van der Waals surface area contributed by atoms with E-state index >= 15 is 0 Å². The summed E-state index contributed by atoms with van der Waals surface area (Å²) in [4.78, 5) is 7.40. The normalized spacial score (nSPS) is 20.6. The number of hydrogen-bond acceptors (Lipinski definition) is 5. The second kappa shape index (κ2) is 6.67. The van der Waals surface area contributed by atoms with Crippen LogP contribution in [0.25, 0.3) is 16.9 Å². The van der Waals surface area contributed by atoms with Crippen molar-refractivity contribution >= 4 is 5.65 Å². The van der Waals surface area contributed by atoms with Gasteiger partial charge in [0.15, 0.2) is 5.65 Å². The molecule has 4 aromatic rings. The Morgan fingerprint density at radius 3 is 2.90 bits per heavy atom. The first kappa shape index (κ1) is 17.7. The fourth-order valence-corrected chi connectivity index (χ4v) is 5.16. The fraction of sp³-hybridized carbons (Fsp3) is 0.348. The van der Waals surface area contributed by atoms with Gasteiger partial charge in [-0.15, -0.1) is 0 Å². The number of nitrogens with zero attached hydrogens (tertiary/aromatic N) is 6. The summed E-state index contributed by atoms with van der Waals surface area (Å²) >= 11 is 0. The molecule has 7 heteroatoms. The summed E-state index contributed by atoms with van der Waals surface area (Å²) in [6.45, 7) is 0.925. The maximum absolute atomic E-state index is 5.54. The number of aromatic nitrogens is 5. The van der Waals surface area contributed by atoms with E-state index in [0.717, 1.165) is 35.6 Å². The van der Waals surface area contributed by atoms with Gasteiger partial charge in [-0.1, -0.05) is 12.1 Å². The van der Waals surface area contributed by atoms with Crippen molar-refractivity contribution in [3.63, 3.8) is 0 Å². The van der Waals surface area contributed by atoms with E-state index in [9.17, 15) is 0 Å². The molecule has 0 N–H and O–H groups in total. The summed E-state index contributed by atoms with van der Waals surface area (Å²) in [5.41, 5.74) is 6.66. The van der Waals surface area contributed by atoms with Crippen LogP contribution in [0.5, 0.6) is 5.75 Å². The Bertz CT molecular complexity index is 1240. The topological polar surface area (TPSA) is 60.5 Å². The quantitative estimate of drug-likeness (QED) is 0.525. The van der Waals surface area contributed by atoms with Crippen LogP contribution in [0.15, 0.2) is 48.8 Å². The molecule has 2 unspecified atom stereocenters. The molecule has 7 nitrogen and oxygen atoms in total. The van der Waals surface area contributed by atoms with Crippen molar-refractivity contribution < 1.29 is 4.74 Å². The van der Waals surface area contributed by atoms with E-state index in [1.54, 1.807) is 7.11 Å². The van der Waals surface area contributed by atoms with E-state index in [1.807, 2.05) is 42.2 Å². The highest BCUT2D eigenvalue weighted by Crippen LogP contribution is 2.44. The molecule has 0 spiro atoms. The first-order valence-corrected chi connectivity index (χ1v) is 10.5. The second-order valence-corrected chi connectivity index (χ2v) is 8.23. The number of fused-ring (bicyclic) bond motifs is 6. The summed E-state index contributed by atoms with van der Waals surface area (Å²) in [5, 5.41) is 9.29. The van der Waals surface area contributed by atoms with Gasteiger partial charge in [-0.05, 0) is 31.0 Å². The summed E-state index contributed by atoms with van der Waals surface area (Å²) < 4.78 is 9.58. The van der Waals surface area contributed by atoms with Crippen LogP contribution in [0.4, 0.5) is 0 Å². The van der Waals surface area contributed by atoms with Crippen molar-refractivity contribution in [2.45, 2.75) is 37.9 Å². The van der Waals surface area contributed by atoms with E-state index in [2.05, 4.69) is 32.8 Å². The Hall–Kier alpha value is -3.19. The molecule has 2 aliphatic rings. The molecule has 1 fully saturated rings. The SMILES string of the molecule is COc1ccccc1-c1cc2ncc3c(n2n1)CC1CCC3N1Cc1ccnn1C. The van der Waals surface area contributed by atoms with Gasteiger partial charge in [0, 0.05) is 61.7 Å². The second-order valence-electron chi connectivity index (χ2n) is 8.23. The van der Waals surface area contributed by atoms with Gasteiger partial charge in [0.1, 0.15) is 5.75 Å². The van der Waals surface area contributed by atoms with Gasteiger partial charge < -0.3 is 4.74 Å². The van der Waals surface area contributed by atoms with Crippen LogP contribution >= 0.6 is 0 Å². The standard InChI is InChI=1S/C23H24N6O/c1-27-16(9-10-25-27)14-28-15-7-8-20(28)18-13-24-23-12-19(26-29(23)21(18)11-15)17-5-3-4-6-22(17)30-2/h3-6,9-10,12-13,15,20H,7-8,11,14H2,1-2H3. The highest BCUT2D eigenvalue weighted by molar-refractivity contribution is 5.70. The van der Waals surface area contributed by atoms with Gasteiger partial charge in [-0.3, -0.25) is 9.58 Å². The Balaban J connectivity index is 1.41. The Morgan fingerprint density at radius 2 is 2.07 bits per heavy atom. The minimum atomic E-state index is 0.393. The number of rotatable bonds is 4. The van der Waals surface area contributed by atoms with Crippen LogP contribution in [0.2, 0.25) is 0 Å². The molecule has 0 saturated carbocycles. The third kappa shape index (κ3) is 2.58. The number of hydrogen-bond donors (Lipinski definition) is 0. The number of ether oxygens (including phenoxy) is 1. The molecule has 6 rings (SSSR count). The molecule has 1 saturated heterocycles. The average Bonchev–Trinajstić information content (AvgIpc) is 3.45. The minimum absolute atomic E-state index is 0.393. The lowest BCUT2D eigenvalue weighted by molar-refractivity contribution is 0.161. The van der Waals surface area contributed by atoms with Crippen LogP contribution in [0.3, 0.4) is 0 Å². The van der Waals surface area contributed by atoms with Gasteiger partial charge in [-0.25, -0.2) is 9.50 Å². The Labute approximate surface area is 174 Å². The van der Waals surface area contributed by atoms with Crippen molar-refractivity contribution in [1.29, 1.82) is 0 Å². The lowest BCUT2D eigenvalue weighted by Crippen LogP contribution is -2.38. The maximum Gasteiger partial charge on any atom is 0.155 e. The van der Waals surface area contributed by atoms with Crippen LogP contribution in [0, 0.1) is 0 Å². The molecule has 2 bridgehead atoms. The van der Waals surface area contributed by atoms with E-state index in [-0.39, 0.29) is 0 Å². The lowest BCUT2D eigenvalue weighted by atomic mass is 9.99.